The van der Waals surface area contributed by atoms with Crippen LogP contribution >= 0.6 is 11.6 Å². The average molecular weight is 322 g/mol. The summed E-state index contributed by atoms with van der Waals surface area (Å²) in [7, 11) is 0. The van der Waals surface area contributed by atoms with Crippen LogP contribution in [0, 0.1) is 5.41 Å². The maximum absolute atomic E-state index is 12.0. The molecule has 3 N–H and O–H groups in total. The zero-order chi connectivity index (χ0) is 16.3. The number of nitrogens with zero attached hydrogens (tertiary/aromatic N) is 1. The molecule has 0 bridgehead atoms. The molecule has 0 saturated heterocycles. The van der Waals surface area contributed by atoms with E-state index in [0.29, 0.717) is 16.3 Å². The Morgan fingerprint density at radius 1 is 1.36 bits per heavy atom. The van der Waals surface area contributed by atoms with Crippen LogP contribution in [-0.2, 0) is 4.79 Å². The lowest BCUT2D eigenvalue weighted by Gasteiger charge is -2.18. The number of H-pyrrole nitrogens is 1. The van der Waals surface area contributed by atoms with E-state index in [-0.39, 0.29) is 12.2 Å². The maximum Gasteiger partial charge on any atom is 0.310 e. The number of carbonyl (C=O) groups excluding carboxylic acids is 1. The van der Waals surface area contributed by atoms with Gasteiger partial charge in [-0.3, -0.25) is 14.7 Å². The number of carbonyl (C=O) groups is 2. The Bertz CT molecular complexity index is 710. The molecule has 7 heteroatoms. The lowest BCUT2D eigenvalue weighted by Crippen LogP contribution is -2.39. The van der Waals surface area contributed by atoms with Crippen molar-refractivity contribution >= 4 is 23.5 Å². The largest absolute Gasteiger partial charge is 0.481 e. The number of rotatable bonds is 5. The fraction of sp³-hybridized carbons (Fsp3) is 0.267. The molecule has 2 aromatic rings. The van der Waals surface area contributed by atoms with Gasteiger partial charge < -0.3 is 10.4 Å². The summed E-state index contributed by atoms with van der Waals surface area (Å²) in [5.74, 6) is -1.39. The first-order chi connectivity index (χ1) is 10.3. The minimum absolute atomic E-state index is 0.0155. The predicted octanol–water partition coefficient (Wildman–Crippen LogP) is 2.57. The van der Waals surface area contributed by atoms with E-state index in [2.05, 4.69) is 15.5 Å². The van der Waals surface area contributed by atoms with E-state index >= 15 is 0 Å². The van der Waals surface area contributed by atoms with Crippen LogP contribution in [0.2, 0.25) is 5.02 Å². The van der Waals surface area contributed by atoms with Crippen LogP contribution in [0.5, 0.6) is 0 Å². The molecular formula is C15H16ClN3O3. The Morgan fingerprint density at radius 3 is 2.68 bits per heavy atom. The molecule has 0 saturated carbocycles. The van der Waals surface area contributed by atoms with Gasteiger partial charge in [-0.05, 0) is 26.0 Å². The third-order valence-electron chi connectivity index (χ3n) is 3.24. The van der Waals surface area contributed by atoms with Crippen molar-refractivity contribution in [3.05, 3.63) is 41.0 Å². The van der Waals surface area contributed by atoms with Gasteiger partial charge in [-0.2, -0.15) is 5.10 Å². The molecule has 6 nitrogen and oxygen atoms in total. The van der Waals surface area contributed by atoms with E-state index < -0.39 is 17.3 Å². The molecule has 1 heterocycles. The normalized spacial score (nSPS) is 11.2. The molecule has 2 rings (SSSR count). The van der Waals surface area contributed by atoms with Crippen LogP contribution in [0.25, 0.3) is 11.3 Å². The topological polar surface area (TPSA) is 95.1 Å². The SMILES string of the molecule is CC(C)(CNC(=O)c1cc(-c2ccccc2Cl)n[nH]1)C(=O)O. The van der Waals surface area contributed by atoms with Gasteiger partial charge in [-0.25, -0.2) is 0 Å². The summed E-state index contributed by atoms with van der Waals surface area (Å²) in [6, 6.07) is 8.74. The molecule has 0 radical (unpaired) electrons. The predicted molar refractivity (Wildman–Crippen MR) is 82.8 cm³/mol. The summed E-state index contributed by atoms with van der Waals surface area (Å²) in [6.07, 6.45) is 0. The number of carboxylic acid groups (broad SMARTS) is 1. The van der Waals surface area contributed by atoms with Crippen molar-refractivity contribution in [3.63, 3.8) is 0 Å². The number of hydrogen-bond donors (Lipinski definition) is 3. The van der Waals surface area contributed by atoms with Gasteiger partial charge in [0.1, 0.15) is 5.69 Å². The fourth-order valence-electron chi connectivity index (χ4n) is 1.72. The number of carboxylic acids is 1. The first-order valence-corrected chi connectivity index (χ1v) is 7.01. The summed E-state index contributed by atoms with van der Waals surface area (Å²) >= 11 is 6.08. The van der Waals surface area contributed by atoms with Crippen molar-refractivity contribution in [1.82, 2.24) is 15.5 Å². The Hall–Kier alpha value is -2.34. The Balaban J connectivity index is 2.10. The van der Waals surface area contributed by atoms with E-state index in [4.69, 9.17) is 16.7 Å². The van der Waals surface area contributed by atoms with E-state index in [0.717, 1.165) is 0 Å². The highest BCUT2D eigenvalue weighted by atomic mass is 35.5. The van der Waals surface area contributed by atoms with Gasteiger partial charge in [0.25, 0.3) is 5.91 Å². The summed E-state index contributed by atoms with van der Waals surface area (Å²) in [4.78, 5) is 23.0. The number of amides is 1. The van der Waals surface area contributed by atoms with Gasteiger partial charge in [0.05, 0.1) is 16.1 Å². The number of benzene rings is 1. The van der Waals surface area contributed by atoms with E-state index in [1.165, 1.54) is 13.8 Å². The summed E-state index contributed by atoms with van der Waals surface area (Å²) in [5.41, 5.74) is 0.469. The van der Waals surface area contributed by atoms with Gasteiger partial charge in [-0.15, -0.1) is 0 Å². The maximum atomic E-state index is 12.0. The van der Waals surface area contributed by atoms with Crippen molar-refractivity contribution in [1.29, 1.82) is 0 Å². The Morgan fingerprint density at radius 2 is 2.05 bits per heavy atom. The number of halogens is 1. The summed E-state index contributed by atoms with van der Waals surface area (Å²) in [5, 5.41) is 18.8. The zero-order valence-electron chi connectivity index (χ0n) is 12.2. The second kappa shape index (κ2) is 6.19. The molecule has 0 aliphatic heterocycles. The number of aromatic nitrogens is 2. The molecule has 22 heavy (non-hydrogen) atoms. The van der Waals surface area contributed by atoms with Crippen molar-refractivity contribution in [2.45, 2.75) is 13.8 Å². The number of aromatic amines is 1. The molecule has 0 aliphatic rings. The van der Waals surface area contributed by atoms with E-state index in [1.807, 2.05) is 6.07 Å². The Kier molecular flexibility index (Phi) is 4.51. The second-order valence-electron chi connectivity index (χ2n) is 5.52. The van der Waals surface area contributed by atoms with Gasteiger partial charge in [-0.1, -0.05) is 29.8 Å². The second-order valence-corrected chi connectivity index (χ2v) is 5.93. The fourth-order valence-corrected chi connectivity index (χ4v) is 1.95. The standard InChI is InChI=1S/C15H16ClN3O3/c1-15(2,14(21)22)8-17-13(20)12-7-11(18-19-12)9-5-3-4-6-10(9)16/h3-7H,8H2,1-2H3,(H,17,20)(H,18,19)(H,21,22). The zero-order valence-corrected chi connectivity index (χ0v) is 12.9. The summed E-state index contributed by atoms with van der Waals surface area (Å²) < 4.78 is 0. The minimum Gasteiger partial charge on any atom is -0.481 e. The first kappa shape index (κ1) is 16.0. The summed E-state index contributed by atoms with van der Waals surface area (Å²) in [6.45, 7) is 3.09. The van der Waals surface area contributed by atoms with Crippen molar-refractivity contribution in [2.24, 2.45) is 5.41 Å². The van der Waals surface area contributed by atoms with Crippen LogP contribution in [-0.4, -0.2) is 33.7 Å². The molecule has 0 unspecified atom stereocenters. The highest BCUT2D eigenvalue weighted by Crippen LogP contribution is 2.26. The van der Waals surface area contributed by atoms with E-state index in [1.54, 1.807) is 24.3 Å². The Labute approximate surface area is 132 Å². The molecule has 0 atom stereocenters. The van der Waals surface area contributed by atoms with Gasteiger partial charge in [0.15, 0.2) is 0 Å². The lowest BCUT2D eigenvalue weighted by atomic mass is 9.94. The number of aliphatic carboxylic acids is 1. The quantitative estimate of drug-likeness (QED) is 0.788. The lowest BCUT2D eigenvalue weighted by molar-refractivity contribution is -0.146. The minimum atomic E-state index is -1.04. The van der Waals surface area contributed by atoms with Crippen LogP contribution in [0.3, 0.4) is 0 Å². The molecule has 0 spiro atoms. The third-order valence-corrected chi connectivity index (χ3v) is 3.57. The first-order valence-electron chi connectivity index (χ1n) is 6.63. The molecule has 1 aromatic heterocycles. The van der Waals surface area contributed by atoms with Crippen LogP contribution in [0.4, 0.5) is 0 Å². The molecule has 1 amide bonds. The van der Waals surface area contributed by atoms with Crippen LogP contribution < -0.4 is 5.32 Å². The van der Waals surface area contributed by atoms with Gasteiger partial charge in [0.2, 0.25) is 0 Å². The van der Waals surface area contributed by atoms with E-state index in [9.17, 15) is 9.59 Å². The molecule has 1 aromatic carbocycles. The van der Waals surface area contributed by atoms with Crippen molar-refractivity contribution in [2.75, 3.05) is 6.54 Å². The molecule has 0 aliphatic carbocycles. The highest BCUT2D eigenvalue weighted by Gasteiger charge is 2.28. The van der Waals surface area contributed by atoms with Crippen molar-refractivity contribution in [3.8, 4) is 11.3 Å². The molecule has 116 valence electrons. The average Bonchev–Trinajstić information content (AvgIpc) is 2.95. The number of nitrogens with one attached hydrogen (secondary N) is 2. The van der Waals surface area contributed by atoms with Crippen LogP contribution in [0.1, 0.15) is 24.3 Å². The monoisotopic (exact) mass is 321 g/mol. The molecule has 0 fully saturated rings. The number of hydrogen-bond acceptors (Lipinski definition) is 3. The smallest absolute Gasteiger partial charge is 0.310 e. The van der Waals surface area contributed by atoms with Gasteiger partial charge in [0, 0.05) is 12.1 Å². The van der Waals surface area contributed by atoms with Crippen LogP contribution in [0.15, 0.2) is 30.3 Å². The third kappa shape index (κ3) is 3.46. The molecular weight excluding hydrogens is 306 g/mol. The van der Waals surface area contributed by atoms with Crippen molar-refractivity contribution < 1.29 is 14.7 Å². The van der Waals surface area contributed by atoms with Gasteiger partial charge >= 0.3 is 5.97 Å². The highest BCUT2D eigenvalue weighted by molar-refractivity contribution is 6.33.